The second-order valence-electron chi connectivity index (χ2n) is 13.5. The Hall–Kier alpha value is 0.0238. The van der Waals surface area contributed by atoms with E-state index in [4.69, 9.17) is 8.85 Å². The van der Waals surface area contributed by atoms with Gasteiger partial charge in [-0.1, -0.05) is 13.8 Å². The van der Waals surface area contributed by atoms with Gasteiger partial charge in [0.1, 0.15) is 5.78 Å². The third-order valence-corrected chi connectivity index (χ3v) is 11.4. The van der Waals surface area contributed by atoms with Crippen LogP contribution in [-0.4, -0.2) is 34.6 Å². The van der Waals surface area contributed by atoms with Crippen LogP contribution >= 0.6 is 0 Å². The number of hydrogen-bond donors (Lipinski definition) is 0. The number of carbonyl (C=O) groups excluding carboxylic acids is 1. The van der Waals surface area contributed by atoms with Crippen molar-refractivity contribution in [3.8, 4) is 0 Å². The van der Waals surface area contributed by atoms with Crippen molar-refractivity contribution in [2.45, 2.75) is 117 Å². The minimum Gasteiger partial charge on any atom is -0.415 e. The molecule has 0 spiro atoms. The molecule has 0 radical (unpaired) electrons. The lowest BCUT2D eigenvalue weighted by molar-refractivity contribution is -0.165. The minimum atomic E-state index is -1.64. The molecule has 0 saturated heterocycles. The van der Waals surface area contributed by atoms with Crippen LogP contribution in [0.15, 0.2) is 0 Å². The van der Waals surface area contributed by atoms with Crippen molar-refractivity contribution in [2.24, 2.45) is 34.5 Å². The minimum absolute atomic E-state index is 0.0494. The molecule has 3 nitrogen and oxygen atoms in total. The second kappa shape index (κ2) is 7.53. The first-order valence-corrected chi connectivity index (χ1v) is 19.4. The first kappa shape index (κ1) is 23.2. The molecule has 4 rings (SSSR count). The largest absolute Gasteiger partial charge is 0.415 e. The number of Topliss-reactive ketones (excluding diaryl/α,β-unsaturated/α-hetero) is 1. The van der Waals surface area contributed by atoms with E-state index in [1.165, 1.54) is 32.1 Å². The summed E-state index contributed by atoms with van der Waals surface area (Å²) in [5.74, 6) is 3.19. The van der Waals surface area contributed by atoms with Gasteiger partial charge in [0.25, 0.3) is 0 Å². The Morgan fingerprint density at radius 2 is 1.47 bits per heavy atom. The Morgan fingerprint density at radius 3 is 2.10 bits per heavy atom. The highest BCUT2D eigenvalue weighted by atomic mass is 28.4. The molecule has 0 aromatic rings. The first-order chi connectivity index (χ1) is 13.7. The monoisotopic (exact) mass is 450 g/mol. The van der Waals surface area contributed by atoms with E-state index in [0.29, 0.717) is 41.2 Å². The van der Waals surface area contributed by atoms with Gasteiger partial charge in [-0.3, -0.25) is 4.79 Å². The van der Waals surface area contributed by atoms with Gasteiger partial charge < -0.3 is 8.85 Å². The molecular formula is C25H46O3Si2. The number of ketones is 1. The van der Waals surface area contributed by atoms with Gasteiger partial charge in [0.2, 0.25) is 0 Å². The van der Waals surface area contributed by atoms with Crippen molar-refractivity contribution in [1.82, 2.24) is 0 Å². The summed E-state index contributed by atoms with van der Waals surface area (Å²) in [7, 11) is -3.18. The maximum Gasteiger partial charge on any atom is 0.184 e. The lowest BCUT2D eigenvalue weighted by Crippen LogP contribution is -2.60. The third kappa shape index (κ3) is 4.06. The lowest BCUT2D eigenvalue weighted by atomic mass is 9.44. The zero-order valence-corrected chi connectivity index (χ0v) is 22.8. The molecule has 172 valence electrons. The van der Waals surface area contributed by atoms with Crippen LogP contribution in [0.5, 0.6) is 0 Å². The maximum atomic E-state index is 12.8. The van der Waals surface area contributed by atoms with Gasteiger partial charge in [-0.2, -0.15) is 0 Å². The molecule has 30 heavy (non-hydrogen) atoms. The summed E-state index contributed by atoms with van der Waals surface area (Å²) in [5.41, 5.74) is 0.297. The number of carbonyl (C=O) groups is 1. The van der Waals surface area contributed by atoms with Gasteiger partial charge in [0, 0.05) is 24.0 Å². The van der Waals surface area contributed by atoms with E-state index < -0.39 is 16.6 Å². The van der Waals surface area contributed by atoms with Crippen molar-refractivity contribution < 1.29 is 13.6 Å². The predicted molar refractivity (Wildman–Crippen MR) is 129 cm³/mol. The molecular weight excluding hydrogens is 404 g/mol. The van der Waals surface area contributed by atoms with E-state index in [0.717, 1.165) is 25.2 Å². The van der Waals surface area contributed by atoms with E-state index in [1.807, 2.05) is 0 Å². The third-order valence-electron chi connectivity index (χ3n) is 9.34. The SMILES string of the molecule is C[C@]12CCC(O[Si](C)(C)C)CC1C(O[Si](C)(C)C)C[C@@H]1[C@@H]2CC[C@]2(C)C(=O)CC[C@@H]12. The van der Waals surface area contributed by atoms with Gasteiger partial charge in [-0.05, 0) is 113 Å². The van der Waals surface area contributed by atoms with Crippen molar-refractivity contribution in [2.75, 3.05) is 0 Å². The van der Waals surface area contributed by atoms with Gasteiger partial charge in [-0.15, -0.1) is 0 Å². The molecule has 0 amide bonds. The molecule has 0 aromatic carbocycles. The maximum absolute atomic E-state index is 12.8. The predicted octanol–water partition coefficient (Wildman–Crippen LogP) is 6.65. The zero-order chi connectivity index (χ0) is 22.1. The van der Waals surface area contributed by atoms with Crippen molar-refractivity contribution >= 4 is 22.4 Å². The van der Waals surface area contributed by atoms with E-state index in [2.05, 4.69) is 53.1 Å². The molecule has 0 heterocycles. The fourth-order valence-electron chi connectivity index (χ4n) is 8.19. The highest BCUT2D eigenvalue weighted by molar-refractivity contribution is 6.70. The normalized spacial score (nSPS) is 46.9. The summed E-state index contributed by atoms with van der Waals surface area (Å²) >= 11 is 0. The van der Waals surface area contributed by atoms with Crippen LogP contribution in [0.2, 0.25) is 39.3 Å². The summed E-state index contributed by atoms with van der Waals surface area (Å²) in [5, 5.41) is 0. The van der Waals surface area contributed by atoms with E-state index in [9.17, 15) is 4.79 Å². The van der Waals surface area contributed by atoms with Crippen molar-refractivity contribution in [1.29, 1.82) is 0 Å². The zero-order valence-electron chi connectivity index (χ0n) is 20.8. The highest BCUT2D eigenvalue weighted by Crippen LogP contribution is 2.66. The van der Waals surface area contributed by atoms with E-state index in [1.54, 1.807) is 0 Å². The van der Waals surface area contributed by atoms with Crippen LogP contribution in [-0.2, 0) is 13.6 Å². The Kier molecular flexibility index (Phi) is 5.82. The smallest absolute Gasteiger partial charge is 0.184 e. The summed E-state index contributed by atoms with van der Waals surface area (Å²) in [6, 6.07) is 0. The molecule has 0 aromatic heterocycles. The van der Waals surface area contributed by atoms with E-state index >= 15 is 0 Å². The van der Waals surface area contributed by atoms with Gasteiger partial charge >= 0.3 is 0 Å². The van der Waals surface area contributed by atoms with Crippen molar-refractivity contribution in [3.63, 3.8) is 0 Å². The molecule has 4 aliphatic rings. The molecule has 5 heteroatoms. The molecule has 0 aliphatic heterocycles. The van der Waals surface area contributed by atoms with Crippen LogP contribution < -0.4 is 0 Å². The summed E-state index contributed by atoms with van der Waals surface area (Å²) in [6.45, 7) is 18.9. The Bertz CT molecular complexity index is 681. The van der Waals surface area contributed by atoms with E-state index in [-0.39, 0.29) is 5.41 Å². The number of rotatable bonds is 4. The van der Waals surface area contributed by atoms with Crippen LogP contribution in [0.3, 0.4) is 0 Å². The average Bonchev–Trinajstić information content (AvgIpc) is 2.89. The summed E-state index contributed by atoms with van der Waals surface area (Å²) in [4.78, 5) is 12.8. The molecule has 4 fully saturated rings. The fraction of sp³-hybridized carbons (Fsp3) is 0.960. The van der Waals surface area contributed by atoms with Gasteiger partial charge in [-0.25, -0.2) is 0 Å². The Labute approximate surface area is 187 Å². The van der Waals surface area contributed by atoms with Crippen LogP contribution in [0, 0.1) is 34.5 Å². The molecule has 8 atom stereocenters. The summed E-state index contributed by atoms with van der Waals surface area (Å²) in [6.07, 6.45) is 9.92. The van der Waals surface area contributed by atoms with Crippen LogP contribution in [0.1, 0.15) is 65.2 Å². The fourth-order valence-corrected chi connectivity index (χ4v) is 10.6. The molecule has 4 aliphatic carbocycles. The summed E-state index contributed by atoms with van der Waals surface area (Å²) < 4.78 is 13.6. The molecule has 4 saturated carbocycles. The average molecular weight is 451 g/mol. The quantitative estimate of drug-likeness (QED) is 0.450. The second-order valence-corrected chi connectivity index (χ2v) is 22.5. The Morgan fingerprint density at radius 1 is 0.800 bits per heavy atom. The highest BCUT2D eigenvalue weighted by Gasteiger charge is 2.62. The number of hydrogen-bond acceptors (Lipinski definition) is 3. The van der Waals surface area contributed by atoms with Crippen LogP contribution in [0.4, 0.5) is 0 Å². The topological polar surface area (TPSA) is 35.5 Å². The number of fused-ring (bicyclic) bond motifs is 5. The lowest BCUT2D eigenvalue weighted by Gasteiger charge is -2.63. The van der Waals surface area contributed by atoms with Crippen LogP contribution in [0.25, 0.3) is 0 Å². The standard InChI is InChI=1S/C25H46O3Si2/c1-24-13-11-17(27-29(3,4)5)15-21(24)22(28-30(6,7)8)16-18-19-9-10-23(26)25(19,2)14-12-20(18)24/h17-22H,9-16H2,1-8H3/t17?,18-,19-,20-,21?,22?,24+,25-/m0/s1. The van der Waals surface area contributed by atoms with Gasteiger partial charge in [0.05, 0.1) is 0 Å². The first-order valence-electron chi connectivity index (χ1n) is 12.6. The van der Waals surface area contributed by atoms with Crippen molar-refractivity contribution in [3.05, 3.63) is 0 Å². The van der Waals surface area contributed by atoms with Gasteiger partial charge in [0.15, 0.2) is 16.6 Å². The molecule has 0 bridgehead atoms. The molecule has 0 N–H and O–H groups in total. The molecule has 3 unspecified atom stereocenters. The Balaban J connectivity index is 1.65.